The fraction of sp³-hybridized carbons (Fsp3) is 0.182. The number of rotatable bonds is 6. The van der Waals surface area contributed by atoms with E-state index in [-0.39, 0.29) is 29.8 Å². The fourth-order valence-electron chi connectivity index (χ4n) is 4.99. The number of ether oxygens (including phenoxy) is 1. The lowest BCUT2D eigenvalue weighted by molar-refractivity contribution is -0.146. The van der Waals surface area contributed by atoms with Crippen LogP contribution in [0.5, 0.6) is 0 Å². The monoisotopic (exact) mass is 519 g/mol. The van der Waals surface area contributed by atoms with E-state index >= 15 is 0 Å². The quantitative estimate of drug-likeness (QED) is 0.141. The second-order valence-electron chi connectivity index (χ2n) is 10.0. The topological polar surface area (TPSA) is 83.9 Å². The third kappa shape index (κ3) is 5.18. The van der Waals surface area contributed by atoms with Crippen molar-refractivity contribution in [1.29, 1.82) is 0 Å². The van der Waals surface area contributed by atoms with Crippen LogP contribution in [-0.2, 0) is 25.5 Å². The van der Waals surface area contributed by atoms with E-state index in [4.69, 9.17) is 4.74 Å². The number of aliphatic hydroxyl groups excluding tert-OH is 1. The summed E-state index contributed by atoms with van der Waals surface area (Å²) in [4.78, 5) is 40.5. The average Bonchev–Trinajstić information content (AvgIpc) is 3.18. The highest BCUT2D eigenvalue weighted by molar-refractivity contribution is 6.51. The molecule has 0 radical (unpaired) electrons. The minimum Gasteiger partial charge on any atom is -0.507 e. The van der Waals surface area contributed by atoms with Gasteiger partial charge >= 0.3 is 5.97 Å². The molecule has 1 N–H and O–H groups in total. The minimum atomic E-state index is -0.826. The summed E-state index contributed by atoms with van der Waals surface area (Å²) >= 11 is 0. The molecule has 1 unspecified atom stereocenters. The zero-order valence-electron chi connectivity index (χ0n) is 22.0. The van der Waals surface area contributed by atoms with E-state index in [1.54, 1.807) is 44.2 Å². The van der Waals surface area contributed by atoms with Gasteiger partial charge in [0.15, 0.2) is 0 Å². The largest absolute Gasteiger partial charge is 0.507 e. The maximum atomic E-state index is 13.5. The molecule has 0 saturated carbocycles. The van der Waals surface area contributed by atoms with Crippen LogP contribution in [0, 0.1) is 6.92 Å². The Hall–Kier alpha value is -4.71. The highest BCUT2D eigenvalue weighted by atomic mass is 16.5. The molecular weight excluding hydrogens is 490 g/mol. The van der Waals surface area contributed by atoms with E-state index < -0.39 is 17.7 Å². The van der Waals surface area contributed by atoms with E-state index in [0.717, 1.165) is 21.9 Å². The molecule has 0 aliphatic carbocycles. The number of hydrogen-bond acceptors (Lipinski definition) is 5. The van der Waals surface area contributed by atoms with Crippen molar-refractivity contribution in [3.05, 3.63) is 119 Å². The highest BCUT2D eigenvalue weighted by Gasteiger charge is 2.47. The predicted molar refractivity (Wildman–Crippen MR) is 151 cm³/mol. The molecule has 1 fully saturated rings. The number of ketones is 1. The SMILES string of the molecule is Cc1cccc(C2/C(=C(/O)c3ccc4ccccc4c3)C(=O)C(=O)N2c2ccc(CC(=O)OC(C)C)cc2)c1. The number of aliphatic hydroxyl groups is 1. The standard InChI is InChI=1S/C33H29NO5/c1-20(2)39-28(35)18-22-11-15-27(16-12-22)34-30(25-10-6-7-21(3)17-25)29(32(37)33(34)38)31(36)26-14-13-23-8-4-5-9-24(23)19-26/h4-17,19-20,30,36H,18H2,1-3H3/b31-29-. The third-order valence-corrected chi connectivity index (χ3v) is 6.76. The lowest BCUT2D eigenvalue weighted by Crippen LogP contribution is -2.29. The molecule has 0 bridgehead atoms. The molecule has 39 heavy (non-hydrogen) atoms. The van der Waals surface area contributed by atoms with Gasteiger partial charge in [0.1, 0.15) is 5.76 Å². The van der Waals surface area contributed by atoms with E-state index in [1.165, 1.54) is 4.90 Å². The first-order chi connectivity index (χ1) is 18.7. The molecule has 4 aromatic carbocycles. The van der Waals surface area contributed by atoms with Crippen LogP contribution in [0.3, 0.4) is 0 Å². The molecule has 1 aliphatic heterocycles. The number of hydrogen-bond donors (Lipinski definition) is 1. The van der Waals surface area contributed by atoms with Crippen LogP contribution in [-0.4, -0.2) is 28.9 Å². The number of carbonyl (C=O) groups is 3. The summed E-state index contributed by atoms with van der Waals surface area (Å²) in [6, 6.07) is 26.8. The molecule has 1 atom stereocenters. The Morgan fingerprint density at radius 3 is 2.31 bits per heavy atom. The van der Waals surface area contributed by atoms with Crippen LogP contribution in [0.2, 0.25) is 0 Å². The number of nitrogens with zero attached hydrogens (tertiary/aromatic N) is 1. The van der Waals surface area contributed by atoms with Crippen LogP contribution in [0.1, 0.15) is 42.1 Å². The van der Waals surface area contributed by atoms with Gasteiger partial charge in [-0.25, -0.2) is 0 Å². The Morgan fingerprint density at radius 2 is 1.62 bits per heavy atom. The number of esters is 1. The number of carbonyl (C=O) groups excluding carboxylic acids is 3. The Labute approximate surface area is 227 Å². The summed E-state index contributed by atoms with van der Waals surface area (Å²) in [6.07, 6.45) is -0.110. The molecule has 0 aromatic heterocycles. The zero-order valence-corrected chi connectivity index (χ0v) is 22.0. The van der Waals surface area contributed by atoms with Gasteiger partial charge in [0.05, 0.1) is 24.1 Å². The van der Waals surface area contributed by atoms with Crippen molar-refractivity contribution in [2.24, 2.45) is 0 Å². The third-order valence-electron chi connectivity index (χ3n) is 6.76. The first-order valence-electron chi connectivity index (χ1n) is 12.9. The Kier molecular flexibility index (Phi) is 7.03. The molecule has 6 nitrogen and oxygen atoms in total. The zero-order chi connectivity index (χ0) is 27.7. The lowest BCUT2D eigenvalue weighted by Gasteiger charge is -2.26. The van der Waals surface area contributed by atoms with Gasteiger partial charge in [-0.2, -0.15) is 0 Å². The fourth-order valence-corrected chi connectivity index (χ4v) is 4.99. The van der Waals surface area contributed by atoms with Crippen LogP contribution in [0.25, 0.3) is 16.5 Å². The van der Waals surface area contributed by atoms with Crippen molar-refractivity contribution in [3.8, 4) is 0 Å². The lowest BCUT2D eigenvalue weighted by atomic mass is 9.93. The van der Waals surface area contributed by atoms with Crippen molar-refractivity contribution in [2.45, 2.75) is 39.3 Å². The number of benzene rings is 4. The normalized spacial score (nSPS) is 16.7. The Bertz CT molecular complexity index is 1620. The van der Waals surface area contributed by atoms with Gasteiger partial charge < -0.3 is 9.84 Å². The summed E-state index contributed by atoms with van der Waals surface area (Å²) in [6.45, 7) is 5.52. The van der Waals surface area contributed by atoms with Gasteiger partial charge in [-0.3, -0.25) is 19.3 Å². The van der Waals surface area contributed by atoms with Crippen molar-refractivity contribution in [2.75, 3.05) is 4.90 Å². The first kappa shape index (κ1) is 25.9. The summed E-state index contributed by atoms with van der Waals surface area (Å²) in [7, 11) is 0. The molecule has 1 aliphatic rings. The molecule has 4 aromatic rings. The maximum Gasteiger partial charge on any atom is 0.310 e. The van der Waals surface area contributed by atoms with Gasteiger partial charge in [-0.1, -0.05) is 78.4 Å². The van der Waals surface area contributed by atoms with Crippen molar-refractivity contribution >= 4 is 39.9 Å². The highest BCUT2D eigenvalue weighted by Crippen LogP contribution is 2.42. The molecule has 6 heteroatoms. The predicted octanol–water partition coefficient (Wildman–Crippen LogP) is 6.27. The van der Waals surface area contributed by atoms with Gasteiger partial charge in [0.25, 0.3) is 11.7 Å². The number of Topliss-reactive ketones (excluding diaryl/α,β-unsaturated/α-hetero) is 1. The summed E-state index contributed by atoms with van der Waals surface area (Å²) in [5, 5.41) is 13.4. The van der Waals surface area contributed by atoms with Crippen LogP contribution < -0.4 is 4.90 Å². The first-order valence-corrected chi connectivity index (χ1v) is 12.9. The van der Waals surface area contributed by atoms with E-state index in [0.29, 0.717) is 16.8 Å². The van der Waals surface area contributed by atoms with Crippen molar-refractivity contribution in [3.63, 3.8) is 0 Å². The molecule has 196 valence electrons. The average molecular weight is 520 g/mol. The molecular formula is C33H29NO5. The van der Waals surface area contributed by atoms with Gasteiger partial charge in [0, 0.05) is 11.3 Å². The van der Waals surface area contributed by atoms with Crippen molar-refractivity contribution in [1.82, 2.24) is 0 Å². The van der Waals surface area contributed by atoms with Crippen LogP contribution in [0.4, 0.5) is 5.69 Å². The van der Waals surface area contributed by atoms with E-state index in [2.05, 4.69) is 0 Å². The van der Waals surface area contributed by atoms with Gasteiger partial charge in [-0.15, -0.1) is 0 Å². The number of anilines is 1. The Balaban J connectivity index is 1.59. The molecule has 0 spiro atoms. The number of fused-ring (bicyclic) bond motifs is 1. The van der Waals surface area contributed by atoms with Gasteiger partial charge in [-0.05, 0) is 60.9 Å². The number of amides is 1. The molecule has 1 saturated heterocycles. The molecule has 1 heterocycles. The summed E-state index contributed by atoms with van der Waals surface area (Å²) in [5.41, 5.74) is 3.38. The number of aryl methyl sites for hydroxylation is 1. The maximum absolute atomic E-state index is 13.5. The second kappa shape index (κ2) is 10.6. The second-order valence-corrected chi connectivity index (χ2v) is 10.0. The smallest absolute Gasteiger partial charge is 0.310 e. The van der Waals surface area contributed by atoms with Crippen LogP contribution >= 0.6 is 0 Å². The minimum absolute atomic E-state index is 0.0328. The molecule has 5 rings (SSSR count). The van der Waals surface area contributed by atoms with Gasteiger partial charge in [0.2, 0.25) is 0 Å². The molecule has 1 amide bonds. The summed E-state index contributed by atoms with van der Waals surface area (Å²) < 4.78 is 5.23. The van der Waals surface area contributed by atoms with Crippen LogP contribution in [0.15, 0.2) is 96.6 Å². The van der Waals surface area contributed by atoms with E-state index in [1.807, 2.05) is 67.6 Å². The summed E-state index contributed by atoms with van der Waals surface area (Å²) in [5.74, 6) is -2.04. The van der Waals surface area contributed by atoms with E-state index in [9.17, 15) is 19.5 Å². The van der Waals surface area contributed by atoms with Crippen molar-refractivity contribution < 1.29 is 24.2 Å². The Morgan fingerprint density at radius 1 is 0.897 bits per heavy atom.